The van der Waals surface area contributed by atoms with E-state index in [0.717, 1.165) is 5.56 Å². The average Bonchev–Trinajstić information content (AvgIpc) is 3.09. The van der Waals surface area contributed by atoms with Crippen LogP contribution in [0.1, 0.15) is 17.0 Å². The van der Waals surface area contributed by atoms with Crippen molar-refractivity contribution in [1.29, 1.82) is 0 Å². The van der Waals surface area contributed by atoms with Crippen molar-refractivity contribution in [2.75, 3.05) is 13.1 Å². The maximum Gasteiger partial charge on any atom is 0.387 e. The lowest BCUT2D eigenvalue weighted by atomic mass is 9.89. The number of hydrogen-bond donors (Lipinski definition) is 1. The van der Waals surface area contributed by atoms with Crippen molar-refractivity contribution in [2.45, 2.75) is 19.0 Å². The summed E-state index contributed by atoms with van der Waals surface area (Å²) < 4.78 is 28.6. The lowest BCUT2D eigenvalue weighted by Gasteiger charge is -2.17. The van der Waals surface area contributed by atoms with E-state index >= 15 is 0 Å². The van der Waals surface area contributed by atoms with E-state index in [0.29, 0.717) is 12.1 Å². The number of nitrogens with zero attached hydrogens (tertiary/aromatic N) is 1. The first-order valence-corrected chi connectivity index (χ1v) is 8.53. The van der Waals surface area contributed by atoms with Gasteiger partial charge in [-0.25, -0.2) is 0 Å². The van der Waals surface area contributed by atoms with Gasteiger partial charge in [0.15, 0.2) is 0 Å². The van der Waals surface area contributed by atoms with Crippen LogP contribution in [0.25, 0.3) is 0 Å². The molecular formula is C20H19F2NO4. The van der Waals surface area contributed by atoms with E-state index in [9.17, 15) is 23.5 Å². The van der Waals surface area contributed by atoms with Crippen molar-refractivity contribution in [1.82, 2.24) is 4.90 Å². The highest BCUT2D eigenvalue weighted by atomic mass is 19.3. The monoisotopic (exact) mass is 375 g/mol. The molecule has 3 rings (SSSR count). The van der Waals surface area contributed by atoms with Gasteiger partial charge in [0.1, 0.15) is 5.75 Å². The van der Waals surface area contributed by atoms with Gasteiger partial charge in [-0.05, 0) is 23.3 Å². The molecule has 0 radical (unpaired) electrons. The Morgan fingerprint density at radius 1 is 1.07 bits per heavy atom. The number of carbonyl (C=O) groups is 2. The van der Waals surface area contributed by atoms with Crippen molar-refractivity contribution >= 4 is 11.9 Å². The van der Waals surface area contributed by atoms with Gasteiger partial charge in [-0.2, -0.15) is 8.78 Å². The molecule has 1 amide bonds. The maximum atomic E-state index is 12.6. The number of carboxylic acids is 1. The number of amides is 1. The van der Waals surface area contributed by atoms with Crippen molar-refractivity contribution in [3.8, 4) is 5.75 Å². The summed E-state index contributed by atoms with van der Waals surface area (Å²) in [5.41, 5.74) is 1.55. The van der Waals surface area contributed by atoms with E-state index in [1.54, 1.807) is 17.0 Å². The van der Waals surface area contributed by atoms with E-state index < -0.39 is 18.5 Å². The number of hydrogen-bond acceptors (Lipinski definition) is 3. The summed E-state index contributed by atoms with van der Waals surface area (Å²) in [6, 6.07) is 15.2. The lowest BCUT2D eigenvalue weighted by Crippen LogP contribution is -2.31. The van der Waals surface area contributed by atoms with Crippen LogP contribution in [0.15, 0.2) is 54.6 Å². The number of ether oxygens (including phenoxy) is 1. The molecule has 142 valence electrons. The molecule has 1 saturated heterocycles. The first kappa shape index (κ1) is 18.8. The fraction of sp³-hybridized carbons (Fsp3) is 0.300. The maximum absolute atomic E-state index is 12.6. The minimum Gasteiger partial charge on any atom is -0.481 e. The molecule has 5 nitrogen and oxygen atoms in total. The molecule has 0 bridgehead atoms. The number of benzene rings is 2. The number of alkyl halides is 2. The second kappa shape index (κ2) is 8.16. The molecule has 0 aromatic heterocycles. The first-order chi connectivity index (χ1) is 12.9. The molecule has 0 unspecified atom stereocenters. The molecule has 27 heavy (non-hydrogen) atoms. The van der Waals surface area contributed by atoms with E-state index in [1.807, 2.05) is 30.3 Å². The molecular weight excluding hydrogens is 356 g/mol. The van der Waals surface area contributed by atoms with Gasteiger partial charge >= 0.3 is 12.6 Å². The van der Waals surface area contributed by atoms with E-state index in [2.05, 4.69) is 4.74 Å². The Bertz CT molecular complexity index is 795. The predicted octanol–water partition coefficient (Wildman–Crippen LogP) is 3.16. The summed E-state index contributed by atoms with van der Waals surface area (Å²) in [4.78, 5) is 25.8. The van der Waals surface area contributed by atoms with E-state index in [4.69, 9.17) is 0 Å². The number of carbonyl (C=O) groups excluding carboxylic acids is 1. The molecule has 1 heterocycles. The second-order valence-corrected chi connectivity index (χ2v) is 6.46. The summed E-state index contributed by atoms with van der Waals surface area (Å²) in [6.07, 6.45) is 0.0722. The molecule has 0 spiro atoms. The average molecular weight is 375 g/mol. The SMILES string of the molecule is O=C(O)[C@@H]1CN(C(=O)Cc2ccc(OC(F)F)cc2)C[C@@H]1c1ccccc1. The van der Waals surface area contributed by atoms with Crippen LogP contribution in [0.2, 0.25) is 0 Å². The summed E-state index contributed by atoms with van der Waals surface area (Å²) in [5.74, 6) is -2.00. The van der Waals surface area contributed by atoms with Crippen molar-refractivity contribution in [3.63, 3.8) is 0 Å². The summed E-state index contributed by atoms with van der Waals surface area (Å²) in [7, 11) is 0. The molecule has 1 aliphatic rings. The lowest BCUT2D eigenvalue weighted by molar-refractivity contribution is -0.141. The van der Waals surface area contributed by atoms with Gasteiger partial charge in [0, 0.05) is 19.0 Å². The first-order valence-electron chi connectivity index (χ1n) is 8.53. The Balaban J connectivity index is 1.67. The Morgan fingerprint density at radius 3 is 2.33 bits per heavy atom. The number of aliphatic carboxylic acids is 1. The molecule has 1 N–H and O–H groups in total. The Hall–Kier alpha value is -2.96. The van der Waals surface area contributed by atoms with Crippen LogP contribution >= 0.6 is 0 Å². The number of halogens is 2. The predicted molar refractivity (Wildman–Crippen MR) is 93.7 cm³/mol. The van der Waals surface area contributed by atoms with Crippen LogP contribution in [0.5, 0.6) is 5.75 Å². The third-order valence-electron chi connectivity index (χ3n) is 4.72. The fourth-order valence-electron chi connectivity index (χ4n) is 3.37. The highest BCUT2D eigenvalue weighted by Crippen LogP contribution is 2.33. The van der Waals surface area contributed by atoms with Gasteiger partial charge in [-0.15, -0.1) is 0 Å². The quantitative estimate of drug-likeness (QED) is 0.842. The zero-order valence-corrected chi connectivity index (χ0v) is 14.4. The second-order valence-electron chi connectivity index (χ2n) is 6.46. The molecule has 2 aromatic carbocycles. The molecule has 1 aliphatic heterocycles. The Morgan fingerprint density at radius 2 is 1.74 bits per heavy atom. The minimum absolute atomic E-state index is 0.0254. The third kappa shape index (κ3) is 4.61. The summed E-state index contributed by atoms with van der Waals surface area (Å²) >= 11 is 0. The van der Waals surface area contributed by atoms with Crippen LogP contribution in [-0.4, -0.2) is 41.6 Å². The van der Waals surface area contributed by atoms with Crippen LogP contribution in [0.4, 0.5) is 8.78 Å². The molecule has 2 atom stereocenters. The smallest absolute Gasteiger partial charge is 0.387 e. The topological polar surface area (TPSA) is 66.8 Å². The van der Waals surface area contributed by atoms with E-state index in [1.165, 1.54) is 12.1 Å². The largest absolute Gasteiger partial charge is 0.481 e. The zero-order valence-electron chi connectivity index (χ0n) is 14.4. The van der Waals surface area contributed by atoms with Crippen LogP contribution in [0, 0.1) is 5.92 Å². The van der Waals surface area contributed by atoms with Gasteiger partial charge in [0.05, 0.1) is 12.3 Å². The van der Waals surface area contributed by atoms with Gasteiger partial charge in [0.25, 0.3) is 0 Å². The van der Waals surface area contributed by atoms with Crippen LogP contribution in [-0.2, 0) is 16.0 Å². The normalized spacial score (nSPS) is 19.3. The van der Waals surface area contributed by atoms with Crippen molar-refractivity contribution in [2.24, 2.45) is 5.92 Å². The van der Waals surface area contributed by atoms with Crippen molar-refractivity contribution in [3.05, 3.63) is 65.7 Å². The fourth-order valence-corrected chi connectivity index (χ4v) is 3.37. The number of carboxylic acid groups (broad SMARTS) is 1. The van der Waals surface area contributed by atoms with Crippen LogP contribution < -0.4 is 4.74 Å². The Kier molecular flexibility index (Phi) is 5.69. The Labute approximate surface area is 155 Å². The molecule has 0 aliphatic carbocycles. The summed E-state index contributed by atoms with van der Waals surface area (Å²) in [6.45, 7) is -2.41. The number of rotatable bonds is 6. The van der Waals surface area contributed by atoms with Gasteiger partial charge in [-0.3, -0.25) is 9.59 Å². The minimum atomic E-state index is -2.90. The van der Waals surface area contributed by atoms with Gasteiger partial charge in [0.2, 0.25) is 5.91 Å². The zero-order chi connectivity index (χ0) is 19.4. The number of likely N-dealkylation sites (tertiary alicyclic amines) is 1. The van der Waals surface area contributed by atoms with Crippen molar-refractivity contribution < 1.29 is 28.2 Å². The molecule has 0 saturated carbocycles. The highest BCUT2D eigenvalue weighted by Gasteiger charge is 2.40. The van der Waals surface area contributed by atoms with Crippen LogP contribution in [0.3, 0.4) is 0 Å². The third-order valence-corrected chi connectivity index (χ3v) is 4.72. The standard InChI is InChI=1S/C20H19F2NO4/c21-20(22)27-15-8-6-13(7-9-15)10-18(24)23-11-16(17(12-23)19(25)26)14-4-2-1-3-5-14/h1-9,16-17,20H,10-12H2,(H,25,26)/t16-,17-/m1/s1. The highest BCUT2D eigenvalue weighted by molar-refractivity contribution is 5.81. The molecule has 2 aromatic rings. The van der Waals surface area contributed by atoms with Gasteiger partial charge < -0.3 is 14.7 Å². The van der Waals surface area contributed by atoms with Gasteiger partial charge in [-0.1, -0.05) is 42.5 Å². The van der Waals surface area contributed by atoms with E-state index in [-0.39, 0.29) is 30.5 Å². The molecule has 1 fully saturated rings. The molecule has 7 heteroatoms. The summed E-state index contributed by atoms with van der Waals surface area (Å²) in [5, 5.41) is 9.52.